The second kappa shape index (κ2) is 10.5. The van der Waals surface area contributed by atoms with Crippen molar-refractivity contribution in [2.75, 3.05) is 6.54 Å². The number of carbonyl (C=O) groups is 1. The Hall–Kier alpha value is -3.69. The average Bonchev–Trinajstić information content (AvgIpc) is 3.59. The van der Waals surface area contributed by atoms with Gasteiger partial charge in [0.25, 0.3) is 5.91 Å². The van der Waals surface area contributed by atoms with Crippen molar-refractivity contribution in [2.24, 2.45) is 5.73 Å². The van der Waals surface area contributed by atoms with Crippen LogP contribution in [-0.4, -0.2) is 27.5 Å². The van der Waals surface area contributed by atoms with Crippen LogP contribution in [0.5, 0.6) is 0 Å². The van der Waals surface area contributed by atoms with Crippen molar-refractivity contribution in [2.45, 2.75) is 43.9 Å². The maximum Gasteiger partial charge on any atom is 0.416 e. The largest absolute Gasteiger partial charge is 0.419 e. The third-order valence-corrected chi connectivity index (χ3v) is 7.06. The number of benzene rings is 3. The summed E-state index contributed by atoms with van der Waals surface area (Å²) in [5.41, 5.74) is 6.05. The molecule has 202 valence electrons. The second-order valence-corrected chi connectivity index (χ2v) is 10.4. The van der Waals surface area contributed by atoms with Crippen molar-refractivity contribution < 1.29 is 22.4 Å². The lowest BCUT2D eigenvalue weighted by Crippen LogP contribution is -2.35. The first-order valence-electron chi connectivity index (χ1n) is 12.5. The SMILES string of the molecule is C[C@@](N)(Cc1ccccc1)c1nnc(-c2cc(C(=O)N3CCCC3c3cccc(Cl)c3)cc(C(F)(F)F)c2)o1. The molecule has 0 radical (unpaired) electrons. The molecule has 1 saturated heterocycles. The van der Waals surface area contributed by atoms with Gasteiger partial charge in [-0.25, -0.2) is 0 Å². The molecule has 1 amide bonds. The molecular weight excluding hydrogens is 529 g/mol. The molecule has 3 aromatic carbocycles. The number of hydrogen-bond donors (Lipinski definition) is 1. The van der Waals surface area contributed by atoms with Gasteiger partial charge >= 0.3 is 6.18 Å². The van der Waals surface area contributed by atoms with E-state index in [9.17, 15) is 18.0 Å². The number of amides is 1. The van der Waals surface area contributed by atoms with Gasteiger partial charge < -0.3 is 15.1 Å². The van der Waals surface area contributed by atoms with Crippen LogP contribution in [0.2, 0.25) is 5.02 Å². The summed E-state index contributed by atoms with van der Waals surface area (Å²) in [6, 6.07) is 19.4. The first-order valence-corrected chi connectivity index (χ1v) is 12.8. The molecule has 4 aromatic rings. The zero-order valence-electron chi connectivity index (χ0n) is 21.1. The van der Waals surface area contributed by atoms with Crippen molar-refractivity contribution in [3.05, 3.63) is 106 Å². The van der Waals surface area contributed by atoms with Gasteiger partial charge in [0.15, 0.2) is 0 Å². The van der Waals surface area contributed by atoms with Gasteiger partial charge in [0.1, 0.15) is 0 Å². The topological polar surface area (TPSA) is 85.2 Å². The Morgan fingerprint density at radius 1 is 1.08 bits per heavy atom. The highest BCUT2D eigenvalue weighted by molar-refractivity contribution is 6.30. The molecule has 6 nitrogen and oxygen atoms in total. The lowest BCUT2D eigenvalue weighted by Gasteiger charge is -2.26. The van der Waals surface area contributed by atoms with Crippen LogP contribution < -0.4 is 5.73 Å². The van der Waals surface area contributed by atoms with Crippen LogP contribution in [0, 0.1) is 0 Å². The van der Waals surface area contributed by atoms with Gasteiger partial charge in [-0.3, -0.25) is 4.79 Å². The smallest absolute Gasteiger partial charge is 0.416 e. The Kier molecular flexibility index (Phi) is 7.22. The Morgan fingerprint density at radius 3 is 2.56 bits per heavy atom. The number of hydrogen-bond acceptors (Lipinski definition) is 5. The van der Waals surface area contributed by atoms with E-state index >= 15 is 0 Å². The van der Waals surface area contributed by atoms with E-state index in [1.807, 2.05) is 36.4 Å². The van der Waals surface area contributed by atoms with Crippen molar-refractivity contribution >= 4 is 17.5 Å². The van der Waals surface area contributed by atoms with Crippen molar-refractivity contribution in [3.8, 4) is 11.5 Å². The number of halogens is 4. The van der Waals surface area contributed by atoms with Gasteiger partial charge in [-0.15, -0.1) is 10.2 Å². The number of aromatic nitrogens is 2. The van der Waals surface area contributed by atoms with E-state index in [0.717, 1.165) is 29.7 Å². The predicted octanol–water partition coefficient (Wildman–Crippen LogP) is 6.80. The van der Waals surface area contributed by atoms with Gasteiger partial charge in [-0.05, 0) is 67.6 Å². The van der Waals surface area contributed by atoms with E-state index in [-0.39, 0.29) is 29.0 Å². The van der Waals surface area contributed by atoms with E-state index in [0.29, 0.717) is 24.4 Å². The normalized spacial score (nSPS) is 17.3. The van der Waals surface area contributed by atoms with E-state index in [2.05, 4.69) is 10.2 Å². The van der Waals surface area contributed by atoms with Crippen molar-refractivity contribution in [1.82, 2.24) is 15.1 Å². The van der Waals surface area contributed by atoms with Gasteiger partial charge in [0.2, 0.25) is 11.8 Å². The van der Waals surface area contributed by atoms with Gasteiger partial charge in [-0.2, -0.15) is 13.2 Å². The van der Waals surface area contributed by atoms with E-state index in [1.54, 1.807) is 30.0 Å². The number of nitrogens with zero attached hydrogens (tertiary/aromatic N) is 3. The number of nitrogens with two attached hydrogens (primary N) is 1. The molecule has 1 aromatic heterocycles. The van der Waals surface area contributed by atoms with Crippen LogP contribution in [0.3, 0.4) is 0 Å². The standard InChI is InChI=1S/C29H26ClF3N4O2/c1-28(34,17-18-7-3-2-4-8-18)27-36-35-25(39-27)20-13-21(15-22(14-20)29(31,32)33)26(38)37-12-6-11-24(37)19-9-5-10-23(30)16-19/h2-5,7-10,13-16,24H,6,11-12,17,34H2,1H3/t24?,28-/m1/s1. The van der Waals surface area contributed by atoms with Crippen LogP contribution >= 0.6 is 11.6 Å². The quantitative estimate of drug-likeness (QED) is 0.283. The van der Waals surface area contributed by atoms with E-state index in [4.69, 9.17) is 21.8 Å². The summed E-state index contributed by atoms with van der Waals surface area (Å²) in [6.07, 6.45) is -2.91. The highest BCUT2D eigenvalue weighted by atomic mass is 35.5. The molecule has 0 saturated carbocycles. The fourth-order valence-corrected chi connectivity index (χ4v) is 5.14. The van der Waals surface area contributed by atoms with Crippen LogP contribution in [0.4, 0.5) is 13.2 Å². The van der Waals surface area contributed by atoms with Gasteiger partial charge in [0, 0.05) is 22.7 Å². The molecule has 2 heterocycles. The molecule has 0 spiro atoms. The summed E-state index contributed by atoms with van der Waals surface area (Å²) in [7, 11) is 0. The highest BCUT2D eigenvalue weighted by Gasteiger charge is 2.36. The van der Waals surface area contributed by atoms with Crippen LogP contribution in [0.15, 0.2) is 77.2 Å². The second-order valence-electron chi connectivity index (χ2n) is 10.0. The first kappa shape index (κ1) is 26.9. The number of alkyl halides is 3. The molecule has 1 unspecified atom stereocenters. The average molecular weight is 555 g/mol. The Bertz CT molecular complexity index is 1490. The molecule has 1 fully saturated rings. The summed E-state index contributed by atoms with van der Waals surface area (Å²) in [6.45, 7) is 2.12. The fraction of sp³-hybridized carbons (Fsp3) is 0.276. The van der Waals surface area contributed by atoms with Crippen molar-refractivity contribution in [1.29, 1.82) is 0 Å². The number of carbonyl (C=O) groups excluding carboxylic acids is 1. The summed E-state index contributed by atoms with van der Waals surface area (Å²) in [5.74, 6) is -0.591. The molecule has 0 aliphatic carbocycles. The Labute approximate surface area is 228 Å². The van der Waals surface area contributed by atoms with Crippen LogP contribution in [0.25, 0.3) is 11.5 Å². The monoisotopic (exact) mass is 554 g/mol. The van der Waals surface area contributed by atoms with Crippen LogP contribution in [0.1, 0.15) is 58.7 Å². The minimum Gasteiger partial charge on any atom is -0.419 e. The molecule has 0 bridgehead atoms. The van der Waals surface area contributed by atoms with Gasteiger partial charge in [0.05, 0.1) is 17.1 Å². The maximum absolute atomic E-state index is 13.9. The van der Waals surface area contributed by atoms with Crippen LogP contribution in [-0.2, 0) is 18.1 Å². The van der Waals surface area contributed by atoms with Crippen molar-refractivity contribution in [3.63, 3.8) is 0 Å². The first-order chi connectivity index (χ1) is 18.5. The maximum atomic E-state index is 13.9. The Morgan fingerprint density at radius 2 is 1.85 bits per heavy atom. The molecule has 1 aliphatic heterocycles. The van der Waals surface area contributed by atoms with Gasteiger partial charge in [-0.1, -0.05) is 54.1 Å². The third-order valence-electron chi connectivity index (χ3n) is 6.83. The Balaban J connectivity index is 1.48. The molecule has 2 N–H and O–H groups in total. The lowest BCUT2D eigenvalue weighted by molar-refractivity contribution is -0.137. The lowest BCUT2D eigenvalue weighted by atomic mass is 9.94. The highest BCUT2D eigenvalue weighted by Crippen LogP contribution is 2.37. The summed E-state index contributed by atoms with van der Waals surface area (Å²) in [4.78, 5) is 15.2. The van der Waals surface area contributed by atoms with E-state index in [1.165, 1.54) is 6.07 Å². The fourth-order valence-electron chi connectivity index (χ4n) is 4.94. The molecule has 1 aliphatic rings. The number of likely N-dealkylation sites (tertiary alicyclic amines) is 1. The van der Waals surface area contributed by atoms with E-state index < -0.39 is 23.2 Å². The molecule has 5 rings (SSSR count). The zero-order valence-corrected chi connectivity index (χ0v) is 21.8. The minimum absolute atomic E-state index is 0.0130. The predicted molar refractivity (Wildman–Crippen MR) is 141 cm³/mol. The summed E-state index contributed by atoms with van der Waals surface area (Å²) >= 11 is 6.15. The number of rotatable bonds is 6. The molecule has 10 heteroatoms. The zero-order chi connectivity index (χ0) is 27.8. The summed E-state index contributed by atoms with van der Waals surface area (Å²) < 4.78 is 47.5. The molecule has 39 heavy (non-hydrogen) atoms. The minimum atomic E-state index is -4.69. The summed E-state index contributed by atoms with van der Waals surface area (Å²) in [5, 5.41) is 8.54. The third kappa shape index (κ3) is 5.84. The molecular formula is C29H26ClF3N4O2. The molecule has 2 atom stereocenters.